The summed E-state index contributed by atoms with van der Waals surface area (Å²) < 4.78 is 5.15. The van der Waals surface area contributed by atoms with Crippen molar-refractivity contribution in [2.75, 3.05) is 39.3 Å². The summed E-state index contributed by atoms with van der Waals surface area (Å²) in [5.74, 6) is 1.66. The highest BCUT2D eigenvalue weighted by Crippen LogP contribution is 2.22. The quantitative estimate of drug-likeness (QED) is 0.568. The molecule has 1 atom stereocenters. The molecule has 3 rings (SSSR count). The molecule has 0 bridgehead atoms. The fraction of sp³-hybridized carbons (Fsp3) is 0.500. The molecule has 2 aromatic rings. The van der Waals surface area contributed by atoms with E-state index in [1.165, 1.54) is 0 Å². The molecular weight excluding hydrogens is 378 g/mol. The van der Waals surface area contributed by atoms with Gasteiger partial charge in [0, 0.05) is 55.9 Å². The van der Waals surface area contributed by atoms with Gasteiger partial charge in [-0.2, -0.15) is 0 Å². The monoisotopic (exact) mass is 405 g/mol. The van der Waals surface area contributed by atoms with E-state index >= 15 is 0 Å². The molecule has 1 aromatic carbocycles. The standard InChI is InChI=1S/C20H28ClN5O2/c1-3-22-20(23-13-19(27)17-6-4-5-7-18(17)21)26-10-8-25(9-11-26)14-16-12-15(2)28-24-16/h4-7,12,19,27H,3,8-11,13-14H2,1-2H3,(H,22,23). The van der Waals surface area contributed by atoms with Crippen molar-refractivity contribution in [1.29, 1.82) is 0 Å². The van der Waals surface area contributed by atoms with Crippen molar-refractivity contribution >= 4 is 17.6 Å². The van der Waals surface area contributed by atoms with Crippen molar-refractivity contribution in [3.63, 3.8) is 0 Å². The van der Waals surface area contributed by atoms with Crippen molar-refractivity contribution in [2.24, 2.45) is 4.99 Å². The molecule has 0 radical (unpaired) electrons. The van der Waals surface area contributed by atoms with Crippen LogP contribution in [0.4, 0.5) is 0 Å². The lowest BCUT2D eigenvalue weighted by Crippen LogP contribution is -2.52. The summed E-state index contributed by atoms with van der Waals surface area (Å²) in [6, 6.07) is 9.32. The van der Waals surface area contributed by atoms with E-state index in [4.69, 9.17) is 16.1 Å². The molecular formula is C20H28ClN5O2. The molecule has 28 heavy (non-hydrogen) atoms. The van der Waals surface area contributed by atoms with E-state index in [-0.39, 0.29) is 6.54 Å². The average Bonchev–Trinajstić information content (AvgIpc) is 3.10. The zero-order valence-corrected chi connectivity index (χ0v) is 17.2. The second-order valence-electron chi connectivity index (χ2n) is 6.92. The number of halogens is 1. The Labute approximate surface area is 171 Å². The molecule has 152 valence electrons. The summed E-state index contributed by atoms with van der Waals surface area (Å²) in [5.41, 5.74) is 1.67. The Bertz CT molecular complexity index is 786. The molecule has 0 aliphatic carbocycles. The van der Waals surface area contributed by atoms with E-state index in [0.29, 0.717) is 10.6 Å². The van der Waals surface area contributed by atoms with Crippen molar-refractivity contribution in [2.45, 2.75) is 26.5 Å². The maximum absolute atomic E-state index is 10.5. The second-order valence-corrected chi connectivity index (χ2v) is 7.33. The Kier molecular flexibility index (Phi) is 7.30. The van der Waals surface area contributed by atoms with Crippen LogP contribution in [0.25, 0.3) is 0 Å². The zero-order chi connectivity index (χ0) is 19.9. The van der Waals surface area contributed by atoms with Gasteiger partial charge in [0.1, 0.15) is 11.9 Å². The smallest absolute Gasteiger partial charge is 0.194 e. The second kappa shape index (κ2) is 9.91. The Balaban J connectivity index is 1.56. The van der Waals surface area contributed by atoms with Crippen molar-refractivity contribution in [1.82, 2.24) is 20.3 Å². The number of guanidine groups is 1. The first-order valence-corrected chi connectivity index (χ1v) is 10.0. The lowest BCUT2D eigenvalue weighted by molar-refractivity contribution is 0.166. The molecule has 7 nitrogen and oxygen atoms in total. The summed E-state index contributed by atoms with van der Waals surface area (Å²) in [4.78, 5) is 9.23. The molecule has 2 N–H and O–H groups in total. The van der Waals surface area contributed by atoms with Crippen LogP contribution in [0.2, 0.25) is 5.02 Å². The van der Waals surface area contributed by atoms with Gasteiger partial charge in [-0.3, -0.25) is 9.89 Å². The minimum absolute atomic E-state index is 0.268. The number of aliphatic hydroxyl groups excluding tert-OH is 1. The van der Waals surface area contributed by atoms with E-state index < -0.39 is 6.10 Å². The van der Waals surface area contributed by atoms with Gasteiger partial charge in [0.05, 0.1) is 12.2 Å². The number of benzene rings is 1. The summed E-state index contributed by atoms with van der Waals surface area (Å²) in [7, 11) is 0. The van der Waals surface area contributed by atoms with Crippen LogP contribution in [-0.4, -0.2) is 65.3 Å². The van der Waals surface area contributed by atoms with Crippen LogP contribution in [-0.2, 0) is 6.54 Å². The number of nitrogens with one attached hydrogen (secondary N) is 1. The largest absolute Gasteiger partial charge is 0.386 e. The van der Waals surface area contributed by atoms with Gasteiger partial charge in [0.2, 0.25) is 0 Å². The number of aryl methyl sites for hydroxylation is 1. The Morgan fingerprint density at radius 1 is 1.32 bits per heavy atom. The predicted octanol–water partition coefficient (Wildman–Crippen LogP) is 2.45. The normalized spacial score (nSPS) is 17.0. The first-order chi connectivity index (χ1) is 13.6. The van der Waals surface area contributed by atoms with Crippen LogP contribution in [0.3, 0.4) is 0 Å². The first kappa shape index (κ1) is 20.6. The topological polar surface area (TPSA) is 77.1 Å². The number of rotatable bonds is 6. The number of piperazine rings is 1. The van der Waals surface area contributed by atoms with Gasteiger partial charge in [-0.1, -0.05) is 35.0 Å². The molecule has 1 fully saturated rings. The maximum Gasteiger partial charge on any atom is 0.194 e. The van der Waals surface area contributed by atoms with Gasteiger partial charge in [0.25, 0.3) is 0 Å². The van der Waals surface area contributed by atoms with Crippen molar-refractivity contribution < 1.29 is 9.63 Å². The van der Waals surface area contributed by atoms with Gasteiger partial charge < -0.3 is 19.8 Å². The molecule has 1 aliphatic rings. The van der Waals surface area contributed by atoms with E-state index in [2.05, 4.69) is 25.3 Å². The highest BCUT2D eigenvalue weighted by molar-refractivity contribution is 6.31. The molecule has 1 aliphatic heterocycles. The van der Waals surface area contributed by atoms with Crippen LogP contribution in [0.15, 0.2) is 39.8 Å². The van der Waals surface area contributed by atoms with Crippen LogP contribution in [0, 0.1) is 6.92 Å². The molecule has 0 saturated carbocycles. The predicted molar refractivity (Wildman–Crippen MR) is 110 cm³/mol. The van der Waals surface area contributed by atoms with Gasteiger partial charge in [-0.15, -0.1) is 0 Å². The van der Waals surface area contributed by atoms with E-state index in [0.717, 1.165) is 56.7 Å². The van der Waals surface area contributed by atoms with E-state index in [9.17, 15) is 5.11 Å². The third-order valence-electron chi connectivity index (χ3n) is 4.75. The van der Waals surface area contributed by atoms with Gasteiger partial charge in [-0.05, 0) is 19.9 Å². The first-order valence-electron chi connectivity index (χ1n) is 9.67. The van der Waals surface area contributed by atoms with Gasteiger partial charge in [-0.25, -0.2) is 0 Å². The Morgan fingerprint density at radius 3 is 2.71 bits per heavy atom. The molecule has 0 spiro atoms. The Morgan fingerprint density at radius 2 is 2.07 bits per heavy atom. The number of hydrogen-bond acceptors (Lipinski definition) is 5. The van der Waals surface area contributed by atoms with Gasteiger partial charge >= 0.3 is 0 Å². The summed E-state index contributed by atoms with van der Waals surface area (Å²) in [6.07, 6.45) is -0.723. The van der Waals surface area contributed by atoms with Gasteiger partial charge in [0.15, 0.2) is 5.96 Å². The SMILES string of the molecule is CCNC(=NCC(O)c1ccccc1Cl)N1CCN(Cc2cc(C)on2)CC1. The number of nitrogens with zero attached hydrogens (tertiary/aromatic N) is 4. The minimum atomic E-state index is -0.723. The third kappa shape index (κ3) is 5.47. The molecule has 8 heteroatoms. The minimum Gasteiger partial charge on any atom is -0.386 e. The summed E-state index contributed by atoms with van der Waals surface area (Å²) >= 11 is 6.18. The van der Waals surface area contributed by atoms with Crippen LogP contribution < -0.4 is 5.32 Å². The lowest BCUT2D eigenvalue weighted by atomic mass is 10.1. The van der Waals surface area contributed by atoms with Crippen molar-refractivity contribution in [3.8, 4) is 0 Å². The fourth-order valence-electron chi connectivity index (χ4n) is 3.28. The highest BCUT2D eigenvalue weighted by atomic mass is 35.5. The maximum atomic E-state index is 10.5. The third-order valence-corrected chi connectivity index (χ3v) is 5.09. The molecule has 1 aromatic heterocycles. The fourth-order valence-corrected chi connectivity index (χ4v) is 3.54. The molecule has 2 heterocycles. The number of aliphatic hydroxyl groups is 1. The van der Waals surface area contributed by atoms with E-state index in [1.807, 2.05) is 38.1 Å². The number of hydrogen-bond donors (Lipinski definition) is 2. The average molecular weight is 406 g/mol. The van der Waals surface area contributed by atoms with Crippen molar-refractivity contribution in [3.05, 3.63) is 52.4 Å². The van der Waals surface area contributed by atoms with Crippen LogP contribution in [0.5, 0.6) is 0 Å². The number of aliphatic imine (C=N–C) groups is 1. The summed E-state index contributed by atoms with van der Waals surface area (Å²) in [5, 5.41) is 18.4. The number of aromatic nitrogens is 1. The molecule has 1 unspecified atom stereocenters. The van der Waals surface area contributed by atoms with Crippen LogP contribution in [0.1, 0.15) is 30.0 Å². The lowest BCUT2D eigenvalue weighted by Gasteiger charge is -2.36. The molecule has 0 amide bonds. The van der Waals surface area contributed by atoms with E-state index in [1.54, 1.807) is 6.07 Å². The summed E-state index contributed by atoms with van der Waals surface area (Å²) in [6.45, 7) is 9.37. The highest BCUT2D eigenvalue weighted by Gasteiger charge is 2.21. The zero-order valence-electron chi connectivity index (χ0n) is 16.4. The molecule has 1 saturated heterocycles. The Hall–Kier alpha value is -2.09. The van der Waals surface area contributed by atoms with Crippen LogP contribution >= 0.6 is 11.6 Å².